The van der Waals surface area contributed by atoms with E-state index in [4.69, 9.17) is 0 Å². The van der Waals surface area contributed by atoms with Crippen LogP contribution in [0.15, 0.2) is 170 Å². The first-order valence-corrected chi connectivity index (χ1v) is 23.7. The summed E-state index contributed by atoms with van der Waals surface area (Å²) in [5.74, 6) is -0.907. The molecule has 0 radical (unpaired) electrons. The van der Waals surface area contributed by atoms with Crippen LogP contribution < -0.4 is 0 Å². The SMILES string of the molecule is Oc1cccc(CC[C@@H](Cc2ccc(O)c(O)c2)[C@H](Cc2ccc(O)c(O)c2)c2cccc(O)c2)c1.Oc1cccc(CC[C@H](Cc2ccc(O)c(O)c2)[C@@H](Cc2ccc(O)c(O)c2)c2cccc(O)c2)c1. The number of hydrogen-bond acceptors (Lipinski definition) is 12. The second-order valence-corrected chi connectivity index (χ2v) is 18.4. The van der Waals surface area contributed by atoms with Gasteiger partial charge in [-0.05, 0) is 217 Å². The number of rotatable bonds is 18. The van der Waals surface area contributed by atoms with Gasteiger partial charge in [0.15, 0.2) is 46.0 Å². The maximum atomic E-state index is 10.2. The van der Waals surface area contributed by atoms with Crippen molar-refractivity contribution >= 4 is 0 Å². The second-order valence-electron chi connectivity index (χ2n) is 18.4. The van der Waals surface area contributed by atoms with Gasteiger partial charge >= 0.3 is 0 Å². The van der Waals surface area contributed by atoms with Crippen LogP contribution in [0, 0.1) is 11.8 Å². The topological polar surface area (TPSA) is 243 Å². The Labute approximate surface area is 418 Å². The molecule has 0 amide bonds. The van der Waals surface area contributed by atoms with Crippen LogP contribution in [0.4, 0.5) is 0 Å². The molecular weight excluding hydrogens is 913 g/mol. The van der Waals surface area contributed by atoms with Crippen LogP contribution in [0.5, 0.6) is 69.0 Å². The molecule has 72 heavy (non-hydrogen) atoms. The Kier molecular flexibility index (Phi) is 16.9. The van der Waals surface area contributed by atoms with E-state index in [9.17, 15) is 61.3 Å². The molecule has 0 saturated heterocycles. The van der Waals surface area contributed by atoms with Crippen LogP contribution in [-0.4, -0.2) is 61.3 Å². The summed E-state index contributed by atoms with van der Waals surface area (Å²) in [5, 5.41) is 120. The monoisotopic (exact) mass is 972 g/mol. The van der Waals surface area contributed by atoms with Gasteiger partial charge in [-0.1, -0.05) is 72.8 Å². The van der Waals surface area contributed by atoms with Crippen molar-refractivity contribution in [3.05, 3.63) is 214 Å². The molecule has 0 aliphatic rings. The molecule has 12 N–H and O–H groups in total. The molecule has 0 saturated carbocycles. The second kappa shape index (κ2) is 23.8. The Hall–Kier alpha value is -8.64. The van der Waals surface area contributed by atoms with E-state index < -0.39 is 0 Å². The summed E-state index contributed by atoms with van der Waals surface area (Å²) in [4.78, 5) is 0. The highest BCUT2D eigenvalue weighted by atomic mass is 16.3. The fourth-order valence-electron chi connectivity index (χ4n) is 9.54. The smallest absolute Gasteiger partial charge is 0.157 e. The average Bonchev–Trinajstić information content (AvgIpc) is 3.35. The van der Waals surface area contributed by atoms with Gasteiger partial charge in [-0.25, -0.2) is 0 Å². The largest absolute Gasteiger partial charge is 0.508 e. The van der Waals surface area contributed by atoms with Crippen LogP contribution in [0.1, 0.15) is 69.2 Å². The van der Waals surface area contributed by atoms with E-state index in [1.165, 1.54) is 24.3 Å². The van der Waals surface area contributed by atoms with Crippen molar-refractivity contribution in [2.75, 3.05) is 0 Å². The zero-order chi connectivity index (χ0) is 51.3. The molecule has 0 aliphatic carbocycles. The first kappa shape index (κ1) is 51.2. The number of hydrogen-bond donors (Lipinski definition) is 12. The lowest BCUT2D eigenvalue weighted by atomic mass is 9.76. The van der Waals surface area contributed by atoms with E-state index in [-0.39, 0.29) is 92.7 Å². The molecule has 4 atom stereocenters. The van der Waals surface area contributed by atoms with Gasteiger partial charge in [0.25, 0.3) is 0 Å². The highest BCUT2D eigenvalue weighted by Gasteiger charge is 2.27. The minimum atomic E-state index is -0.193. The molecule has 372 valence electrons. The molecule has 0 fully saturated rings. The minimum absolute atomic E-state index is 0.0223. The van der Waals surface area contributed by atoms with E-state index in [0.717, 1.165) is 57.3 Å². The summed E-state index contributed by atoms with van der Waals surface area (Å²) in [7, 11) is 0. The summed E-state index contributed by atoms with van der Waals surface area (Å²) in [6, 6.07) is 47.7. The standard InChI is InChI=1S/2C30H30O6/c2*31-24-5-1-3-19(14-24)7-10-23(13-20-8-11-27(33)29(35)16-20)26(22-4-2-6-25(32)18-22)15-21-9-12-28(34)30(36)17-21/h2*1-6,8-9,11-12,14,16-18,23,26,31-36H,7,10,13,15H2/t2*23-,26+/m10/s1. The molecule has 0 spiro atoms. The van der Waals surface area contributed by atoms with E-state index in [2.05, 4.69) is 0 Å². The molecule has 12 heteroatoms. The lowest BCUT2D eigenvalue weighted by Gasteiger charge is -2.29. The molecule has 12 nitrogen and oxygen atoms in total. The zero-order valence-electron chi connectivity index (χ0n) is 39.5. The molecule has 0 aromatic heterocycles. The molecular formula is C60H60O12. The van der Waals surface area contributed by atoms with Crippen molar-refractivity contribution < 1.29 is 61.3 Å². The van der Waals surface area contributed by atoms with Crippen molar-refractivity contribution in [2.45, 2.75) is 63.2 Å². The van der Waals surface area contributed by atoms with Crippen molar-refractivity contribution in [1.82, 2.24) is 0 Å². The molecule has 8 aromatic rings. The highest BCUT2D eigenvalue weighted by molar-refractivity contribution is 5.45. The maximum absolute atomic E-state index is 10.2. The first-order valence-electron chi connectivity index (χ1n) is 23.7. The van der Waals surface area contributed by atoms with Gasteiger partial charge in [0.2, 0.25) is 0 Å². The van der Waals surface area contributed by atoms with Crippen molar-refractivity contribution in [2.24, 2.45) is 11.8 Å². The quantitative estimate of drug-likeness (QED) is 0.0359. The predicted molar refractivity (Wildman–Crippen MR) is 275 cm³/mol. The van der Waals surface area contributed by atoms with Gasteiger partial charge in [-0.15, -0.1) is 0 Å². The number of aryl methyl sites for hydroxylation is 2. The molecule has 8 aromatic carbocycles. The summed E-state index contributed by atoms with van der Waals surface area (Å²) in [6.07, 6.45) is 5.08. The number of benzene rings is 8. The summed E-state index contributed by atoms with van der Waals surface area (Å²) >= 11 is 0. The van der Waals surface area contributed by atoms with Crippen molar-refractivity contribution in [1.29, 1.82) is 0 Å². The van der Waals surface area contributed by atoms with Crippen molar-refractivity contribution in [3.8, 4) is 69.0 Å². The Morgan fingerprint density at radius 1 is 0.250 bits per heavy atom. The molecule has 0 aliphatic heterocycles. The van der Waals surface area contributed by atoms with Crippen LogP contribution in [0.3, 0.4) is 0 Å². The third-order valence-corrected chi connectivity index (χ3v) is 13.2. The van der Waals surface area contributed by atoms with Gasteiger partial charge in [0.1, 0.15) is 23.0 Å². The Morgan fingerprint density at radius 3 is 0.833 bits per heavy atom. The van der Waals surface area contributed by atoms with Gasteiger partial charge in [0, 0.05) is 0 Å². The minimum Gasteiger partial charge on any atom is -0.508 e. The molecule has 0 bridgehead atoms. The molecule has 0 unspecified atom stereocenters. The van der Waals surface area contributed by atoms with Crippen molar-refractivity contribution in [3.63, 3.8) is 0 Å². The zero-order valence-corrected chi connectivity index (χ0v) is 39.5. The van der Waals surface area contributed by atoms with E-state index in [0.29, 0.717) is 38.5 Å². The van der Waals surface area contributed by atoms with Crippen LogP contribution in [-0.2, 0) is 38.5 Å². The number of phenolic OH excluding ortho intramolecular Hbond substituents is 12. The van der Waals surface area contributed by atoms with E-state index in [1.807, 2.05) is 36.4 Å². The number of aromatic hydroxyl groups is 12. The van der Waals surface area contributed by atoms with E-state index >= 15 is 0 Å². The van der Waals surface area contributed by atoms with Gasteiger partial charge in [0.05, 0.1) is 0 Å². The van der Waals surface area contributed by atoms with Gasteiger partial charge in [-0.2, -0.15) is 0 Å². The predicted octanol–water partition coefficient (Wildman–Crippen LogP) is 11.5. The Morgan fingerprint density at radius 2 is 0.542 bits per heavy atom. The van der Waals surface area contributed by atoms with Crippen LogP contribution in [0.25, 0.3) is 0 Å². The van der Waals surface area contributed by atoms with Gasteiger partial charge in [-0.3, -0.25) is 0 Å². The fraction of sp³-hybridized carbons (Fsp3) is 0.200. The first-order chi connectivity index (χ1) is 34.6. The fourth-order valence-corrected chi connectivity index (χ4v) is 9.54. The third-order valence-electron chi connectivity index (χ3n) is 13.2. The van der Waals surface area contributed by atoms with Crippen LogP contribution in [0.2, 0.25) is 0 Å². The Balaban J connectivity index is 0.000000211. The summed E-state index contributed by atoms with van der Waals surface area (Å²) in [5.41, 5.74) is 7.19. The average molecular weight is 973 g/mol. The highest BCUT2D eigenvalue weighted by Crippen LogP contribution is 2.41. The van der Waals surface area contributed by atoms with Crippen LogP contribution >= 0.6 is 0 Å². The van der Waals surface area contributed by atoms with E-state index in [1.54, 1.807) is 109 Å². The summed E-state index contributed by atoms with van der Waals surface area (Å²) < 4.78 is 0. The van der Waals surface area contributed by atoms with Gasteiger partial charge < -0.3 is 61.3 Å². The molecule has 8 rings (SSSR count). The Bertz CT molecular complexity index is 2870. The number of phenols is 12. The lowest BCUT2D eigenvalue weighted by molar-refractivity contribution is 0.380. The molecule has 0 heterocycles. The lowest BCUT2D eigenvalue weighted by Crippen LogP contribution is -2.19. The summed E-state index contributed by atoms with van der Waals surface area (Å²) in [6.45, 7) is 0. The maximum Gasteiger partial charge on any atom is 0.157 e. The third kappa shape index (κ3) is 14.2. The normalized spacial score (nSPS) is 12.8.